The van der Waals surface area contributed by atoms with Crippen LogP contribution in [0.2, 0.25) is 0 Å². The third-order valence-electron chi connectivity index (χ3n) is 3.86. The fourth-order valence-electron chi connectivity index (χ4n) is 2.73. The van der Waals surface area contributed by atoms with Crippen molar-refractivity contribution in [2.75, 3.05) is 20.1 Å². The predicted molar refractivity (Wildman–Crippen MR) is 81.1 cm³/mol. The Morgan fingerprint density at radius 3 is 2.68 bits per heavy atom. The topological polar surface area (TPSA) is 21.1 Å². The summed E-state index contributed by atoms with van der Waals surface area (Å²) >= 11 is 3.62. The van der Waals surface area contributed by atoms with E-state index in [1.807, 2.05) is 12.3 Å². The van der Waals surface area contributed by atoms with Crippen molar-refractivity contribution < 1.29 is 0 Å². The quantitative estimate of drug-likeness (QED) is 0.843. The first-order valence-corrected chi connectivity index (χ1v) is 7.51. The van der Waals surface area contributed by atoms with Crippen molar-refractivity contribution in [3.05, 3.63) is 41.1 Å². The number of imidazole rings is 1. The van der Waals surface area contributed by atoms with Gasteiger partial charge in [0.1, 0.15) is 5.82 Å². The Balaban J connectivity index is 1.93. The Morgan fingerprint density at radius 2 is 1.95 bits per heavy atom. The van der Waals surface area contributed by atoms with Crippen LogP contribution in [0.4, 0.5) is 0 Å². The van der Waals surface area contributed by atoms with Gasteiger partial charge in [0, 0.05) is 28.5 Å². The molecule has 0 spiro atoms. The lowest BCUT2D eigenvalue weighted by Crippen LogP contribution is -2.31. The van der Waals surface area contributed by atoms with Gasteiger partial charge < -0.3 is 9.47 Å². The lowest BCUT2D eigenvalue weighted by Gasteiger charge is -2.30. The predicted octanol–water partition coefficient (Wildman–Crippen LogP) is 3.58. The minimum atomic E-state index is 0.570. The highest BCUT2D eigenvalue weighted by atomic mass is 79.9. The molecule has 0 saturated carbocycles. The van der Waals surface area contributed by atoms with E-state index in [4.69, 9.17) is 0 Å². The van der Waals surface area contributed by atoms with Crippen LogP contribution in [-0.2, 0) is 0 Å². The molecule has 19 heavy (non-hydrogen) atoms. The van der Waals surface area contributed by atoms with Crippen LogP contribution in [0.1, 0.15) is 18.9 Å². The average molecular weight is 320 g/mol. The fraction of sp³-hybridized carbons (Fsp3) is 0.400. The van der Waals surface area contributed by atoms with Crippen LogP contribution in [-0.4, -0.2) is 34.6 Å². The molecule has 1 aromatic carbocycles. The average Bonchev–Trinajstić information content (AvgIpc) is 2.89. The summed E-state index contributed by atoms with van der Waals surface area (Å²) in [7, 11) is 2.19. The molecule has 1 aliphatic heterocycles. The molecule has 2 aromatic rings. The zero-order valence-electron chi connectivity index (χ0n) is 11.1. The molecular weight excluding hydrogens is 302 g/mol. The van der Waals surface area contributed by atoms with Crippen molar-refractivity contribution in [1.82, 2.24) is 14.5 Å². The van der Waals surface area contributed by atoms with E-state index in [0.29, 0.717) is 6.04 Å². The summed E-state index contributed by atoms with van der Waals surface area (Å²) in [5.74, 6) is 1.07. The van der Waals surface area contributed by atoms with Crippen molar-refractivity contribution >= 4 is 15.9 Å². The molecule has 4 heteroatoms. The Morgan fingerprint density at radius 1 is 1.21 bits per heavy atom. The van der Waals surface area contributed by atoms with E-state index < -0.39 is 0 Å². The van der Waals surface area contributed by atoms with Crippen LogP contribution < -0.4 is 0 Å². The van der Waals surface area contributed by atoms with Gasteiger partial charge in [0.2, 0.25) is 0 Å². The summed E-state index contributed by atoms with van der Waals surface area (Å²) in [5.41, 5.74) is 1.17. The van der Waals surface area contributed by atoms with E-state index in [-0.39, 0.29) is 0 Å². The van der Waals surface area contributed by atoms with Crippen molar-refractivity contribution in [2.24, 2.45) is 0 Å². The van der Waals surface area contributed by atoms with Crippen LogP contribution in [0.25, 0.3) is 11.4 Å². The highest BCUT2D eigenvalue weighted by Gasteiger charge is 2.21. The summed E-state index contributed by atoms with van der Waals surface area (Å²) in [6, 6.07) is 8.87. The Bertz CT molecular complexity index is 556. The third kappa shape index (κ3) is 2.60. The Hall–Kier alpha value is -1.13. The number of likely N-dealkylation sites (tertiary alicyclic amines) is 1. The fourth-order valence-corrected chi connectivity index (χ4v) is 3.19. The van der Waals surface area contributed by atoms with Crippen molar-refractivity contribution in [2.45, 2.75) is 18.9 Å². The van der Waals surface area contributed by atoms with Crippen LogP contribution >= 0.6 is 15.9 Å². The first-order valence-electron chi connectivity index (χ1n) is 6.72. The van der Waals surface area contributed by atoms with Crippen molar-refractivity contribution in [3.63, 3.8) is 0 Å². The first-order chi connectivity index (χ1) is 9.25. The summed E-state index contributed by atoms with van der Waals surface area (Å²) in [4.78, 5) is 6.96. The number of rotatable bonds is 2. The lowest BCUT2D eigenvalue weighted by molar-refractivity contribution is 0.222. The van der Waals surface area contributed by atoms with Gasteiger partial charge in [-0.2, -0.15) is 0 Å². The Kier molecular flexibility index (Phi) is 3.71. The van der Waals surface area contributed by atoms with Crippen LogP contribution in [0.15, 0.2) is 41.1 Å². The van der Waals surface area contributed by atoms with Gasteiger partial charge in [0.05, 0.1) is 0 Å². The summed E-state index contributed by atoms with van der Waals surface area (Å²) < 4.78 is 3.45. The zero-order chi connectivity index (χ0) is 13.2. The van der Waals surface area contributed by atoms with Crippen LogP contribution in [0, 0.1) is 0 Å². The second kappa shape index (κ2) is 5.47. The molecule has 0 atom stereocenters. The molecule has 0 amide bonds. The van der Waals surface area contributed by atoms with Gasteiger partial charge in [0.25, 0.3) is 0 Å². The normalized spacial score (nSPS) is 17.8. The van der Waals surface area contributed by atoms with Gasteiger partial charge in [0.15, 0.2) is 0 Å². The van der Waals surface area contributed by atoms with Crippen LogP contribution in [0.3, 0.4) is 0 Å². The molecule has 3 nitrogen and oxygen atoms in total. The number of hydrogen-bond acceptors (Lipinski definition) is 2. The number of hydrogen-bond donors (Lipinski definition) is 0. The molecule has 100 valence electrons. The molecule has 3 rings (SSSR count). The van der Waals surface area contributed by atoms with Gasteiger partial charge in [-0.3, -0.25) is 0 Å². The molecule has 2 heterocycles. The van der Waals surface area contributed by atoms with Gasteiger partial charge in [-0.1, -0.05) is 34.1 Å². The van der Waals surface area contributed by atoms with Gasteiger partial charge in [-0.05, 0) is 39.0 Å². The second-order valence-electron chi connectivity index (χ2n) is 5.17. The summed E-state index contributed by atoms with van der Waals surface area (Å²) in [5, 5.41) is 0. The van der Waals surface area contributed by atoms with Gasteiger partial charge >= 0.3 is 0 Å². The molecule has 0 N–H and O–H groups in total. The maximum atomic E-state index is 4.56. The van der Waals surface area contributed by atoms with E-state index in [1.165, 1.54) is 18.4 Å². The molecule has 1 saturated heterocycles. The van der Waals surface area contributed by atoms with Gasteiger partial charge in [-0.15, -0.1) is 0 Å². The number of piperidine rings is 1. The molecule has 1 aliphatic rings. The number of nitrogens with zero attached hydrogens (tertiary/aromatic N) is 3. The minimum absolute atomic E-state index is 0.570. The molecule has 0 aliphatic carbocycles. The number of benzene rings is 1. The molecular formula is C15H18BrN3. The SMILES string of the molecule is CN1CCC(n2ccnc2-c2ccccc2Br)CC1. The second-order valence-corrected chi connectivity index (χ2v) is 6.03. The summed E-state index contributed by atoms with van der Waals surface area (Å²) in [6.07, 6.45) is 6.42. The van der Waals surface area contributed by atoms with E-state index in [0.717, 1.165) is 23.4 Å². The molecule has 1 aromatic heterocycles. The number of halogens is 1. The van der Waals surface area contributed by atoms with E-state index in [9.17, 15) is 0 Å². The summed E-state index contributed by atoms with van der Waals surface area (Å²) in [6.45, 7) is 2.33. The lowest BCUT2D eigenvalue weighted by atomic mass is 10.0. The van der Waals surface area contributed by atoms with E-state index >= 15 is 0 Å². The Labute approximate surface area is 122 Å². The minimum Gasteiger partial charge on any atom is -0.328 e. The number of aromatic nitrogens is 2. The third-order valence-corrected chi connectivity index (χ3v) is 4.56. The van der Waals surface area contributed by atoms with Crippen molar-refractivity contribution in [1.29, 1.82) is 0 Å². The van der Waals surface area contributed by atoms with Crippen LogP contribution in [0.5, 0.6) is 0 Å². The molecule has 0 bridgehead atoms. The maximum Gasteiger partial charge on any atom is 0.141 e. The standard InChI is InChI=1S/C15H18BrN3/c1-18-9-6-12(7-10-18)19-11-8-17-15(19)13-4-2-3-5-14(13)16/h2-5,8,11-12H,6-7,9-10H2,1H3. The zero-order valence-corrected chi connectivity index (χ0v) is 12.7. The van der Waals surface area contributed by atoms with Gasteiger partial charge in [-0.25, -0.2) is 4.98 Å². The van der Waals surface area contributed by atoms with E-state index in [2.05, 4.69) is 61.8 Å². The monoisotopic (exact) mass is 319 g/mol. The van der Waals surface area contributed by atoms with Crippen molar-refractivity contribution in [3.8, 4) is 11.4 Å². The van der Waals surface area contributed by atoms with E-state index in [1.54, 1.807) is 0 Å². The highest BCUT2D eigenvalue weighted by Crippen LogP contribution is 2.31. The largest absolute Gasteiger partial charge is 0.328 e. The maximum absolute atomic E-state index is 4.56. The smallest absolute Gasteiger partial charge is 0.141 e. The molecule has 1 fully saturated rings. The molecule has 0 unspecified atom stereocenters. The first kappa shape index (κ1) is 12.9. The molecule has 0 radical (unpaired) electrons. The highest BCUT2D eigenvalue weighted by molar-refractivity contribution is 9.10.